The van der Waals surface area contributed by atoms with E-state index < -0.39 is 11.9 Å². The minimum atomic E-state index is -0.599. The molecule has 0 spiro atoms. The number of nitrogens with zero attached hydrogens (tertiary/aromatic N) is 1. The van der Waals surface area contributed by atoms with E-state index in [1.807, 2.05) is 24.3 Å². The summed E-state index contributed by atoms with van der Waals surface area (Å²) < 4.78 is 21.9. The molecule has 4 rings (SSSR count). The number of halogens is 1. The van der Waals surface area contributed by atoms with Gasteiger partial charge in [-0.3, -0.25) is 0 Å². The van der Waals surface area contributed by atoms with E-state index >= 15 is 0 Å². The fourth-order valence-electron chi connectivity index (χ4n) is 3.71. The molecule has 0 fully saturated rings. The number of hydrogen-bond donors (Lipinski definition) is 1. The van der Waals surface area contributed by atoms with Crippen molar-refractivity contribution in [3.8, 4) is 29.1 Å². The van der Waals surface area contributed by atoms with Crippen molar-refractivity contribution in [3.63, 3.8) is 0 Å². The molecule has 0 amide bonds. The van der Waals surface area contributed by atoms with Crippen molar-refractivity contribution in [2.24, 2.45) is 5.73 Å². The van der Waals surface area contributed by atoms with Crippen molar-refractivity contribution >= 4 is 17.6 Å². The van der Waals surface area contributed by atoms with E-state index in [4.69, 9.17) is 36.3 Å². The van der Waals surface area contributed by atoms with Crippen LogP contribution in [0.5, 0.6) is 23.0 Å². The predicted molar refractivity (Wildman–Crippen MR) is 131 cm³/mol. The SMILES string of the molecule is C=CCOc1ccc(C2C(C#N)=C(N)Oc3cc(OC(=O)c4ccc(OC)c(Cl)c4)ccc32)cc1. The summed E-state index contributed by atoms with van der Waals surface area (Å²) in [6.45, 7) is 4.03. The van der Waals surface area contributed by atoms with Gasteiger partial charge in [0.1, 0.15) is 41.2 Å². The molecule has 0 aromatic heterocycles. The van der Waals surface area contributed by atoms with Gasteiger partial charge >= 0.3 is 5.97 Å². The molecule has 1 unspecified atom stereocenters. The molecule has 7 nitrogen and oxygen atoms in total. The van der Waals surface area contributed by atoms with E-state index in [1.54, 1.807) is 36.4 Å². The third-order valence-electron chi connectivity index (χ3n) is 5.37. The molecule has 0 bridgehead atoms. The van der Waals surface area contributed by atoms with Crippen molar-refractivity contribution in [3.05, 3.63) is 106 Å². The van der Waals surface area contributed by atoms with Crippen molar-refractivity contribution in [1.29, 1.82) is 5.26 Å². The lowest BCUT2D eigenvalue weighted by molar-refractivity contribution is 0.0734. The summed E-state index contributed by atoms with van der Waals surface area (Å²) in [5.74, 6) is 0.699. The van der Waals surface area contributed by atoms with Crippen LogP contribution in [-0.2, 0) is 0 Å². The third kappa shape index (κ3) is 4.93. The van der Waals surface area contributed by atoms with Crippen LogP contribution in [0.1, 0.15) is 27.4 Å². The summed E-state index contributed by atoms with van der Waals surface area (Å²) in [6, 6.07) is 19.1. The molecule has 8 heteroatoms. The molecule has 0 saturated carbocycles. The van der Waals surface area contributed by atoms with Gasteiger partial charge in [-0.15, -0.1) is 0 Å². The Morgan fingerprint density at radius 2 is 1.91 bits per heavy atom. The van der Waals surface area contributed by atoms with Crippen molar-refractivity contribution in [2.45, 2.75) is 5.92 Å². The van der Waals surface area contributed by atoms with E-state index in [1.165, 1.54) is 13.2 Å². The number of methoxy groups -OCH3 is 1. The van der Waals surface area contributed by atoms with Gasteiger partial charge in [0.05, 0.1) is 23.6 Å². The molecule has 1 atom stereocenters. The predicted octanol–water partition coefficient (Wildman–Crippen LogP) is 5.35. The standard InChI is InChI=1S/C27H21ClN2O5/c1-3-12-33-18-7-4-16(5-8-18)25-20-10-9-19(14-24(20)35-26(30)21(25)15-29)34-27(31)17-6-11-23(32-2)22(28)13-17/h3-11,13-14,25H,1,12,30H2,2H3. The number of nitrogens with two attached hydrogens (primary N) is 1. The van der Waals surface area contributed by atoms with E-state index in [2.05, 4.69) is 12.6 Å². The van der Waals surface area contributed by atoms with Crippen LogP contribution in [0.4, 0.5) is 0 Å². The van der Waals surface area contributed by atoms with Gasteiger partial charge < -0.3 is 24.7 Å². The van der Waals surface area contributed by atoms with Gasteiger partial charge in [0, 0.05) is 11.6 Å². The highest BCUT2D eigenvalue weighted by molar-refractivity contribution is 6.32. The molecule has 0 saturated heterocycles. The van der Waals surface area contributed by atoms with Crippen LogP contribution in [0.2, 0.25) is 5.02 Å². The molecule has 2 N–H and O–H groups in total. The highest BCUT2D eigenvalue weighted by Crippen LogP contribution is 2.43. The number of carbonyl (C=O) groups excluding carboxylic acids is 1. The molecule has 1 aliphatic rings. The zero-order valence-corrected chi connectivity index (χ0v) is 19.5. The van der Waals surface area contributed by atoms with Crippen LogP contribution in [0.3, 0.4) is 0 Å². The van der Waals surface area contributed by atoms with Gasteiger partial charge in [0.15, 0.2) is 0 Å². The lowest BCUT2D eigenvalue weighted by Gasteiger charge is -2.26. The molecule has 3 aromatic carbocycles. The maximum absolute atomic E-state index is 12.6. The average molecular weight is 489 g/mol. The lowest BCUT2D eigenvalue weighted by atomic mass is 9.83. The zero-order valence-electron chi connectivity index (χ0n) is 18.8. The van der Waals surface area contributed by atoms with E-state index in [0.29, 0.717) is 34.4 Å². The first-order valence-electron chi connectivity index (χ1n) is 10.6. The third-order valence-corrected chi connectivity index (χ3v) is 5.67. The van der Waals surface area contributed by atoms with Crippen LogP contribution < -0.4 is 24.7 Å². The Bertz CT molecular complexity index is 1360. The van der Waals surface area contributed by atoms with Crippen LogP contribution in [0.15, 0.2) is 84.8 Å². The quantitative estimate of drug-likeness (QED) is 0.271. The minimum absolute atomic E-state index is 0.0117. The number of fused-ring (bicyclic) bond motifs is 1. The summed E-state index contributed by atoms with van der Waals surface area (Å²) in [7, 11) is 1.49. The molecule has 176 valence electrons. The first-order chi connectivity index (χ1) is 16.9. The number of benzene rings is 3. The summed E-state index contributed by atoms with van der Waals surface area (Å²) in [6.07, 6.45) is 1.66. The first kappa shape index (κ1) is 23.7. The van der Waals surface area contributed by atoms with Gasteiger partial charge in [-0.2, -0.15) is 5.26 Å². The second kappa shape index (κ2) is 10.2. The second-order valence-electron chi connectivity index (χ2n) is 7.53. The molecule has 0 aliphatic carbocycles. The fourth-order valence-corrected chi connectivity index (χ4v) is 3.97. The smallest absolute Gasteiger partial charge is 0.343 e. The Labute approximate surface area is 207 Å². The van der Waals surface area contributed by atoms with Crippen LogP contribution in [0, 0.1) is 11.3 Å². The zero-order chi connectivity index (χ0) is 24.9. The van der Waals surface area contributed by atoms with Crippen LogP contribution >= 0.6 is 11.6 Å². The first-order valence-corrected chi connectivity index (χ1v) is 10.9. The largest absolute Gasteiger partial charge is 0.495 e. The monoisotopic (exact) mass is 488 g/mol. The molecule has 0 radical (unpaired) electrons. The Hall–Kier alpha value is -4.41. The number of allylic oxidation sites excluding steroid dienone is 1. The molecule has 1 aliphatic heterocycles. The van der Waals surface area contributed by atoms with Gasteiger partial charge in [-0.05, 0) is 42.0 Å². The topological polar surface area (TPSA) is 104 Å². The summed E-state index contributed by atoms with van der Waals surface area (Å²) in [4.78, 5) is 12.6. The maximum atomic E-state index is 12.6. The summed E-state index contributed by atoms with van der Waals surface area (Å²) in [5, 5.41) is 10.0. The molecule has 1 heterocycles. The van der Waals surface area contributed by atoms with Crippen molar-refractivity contribution in [2.75, 3.05) is 13.7 Å². The Morgan fingerprint density at radius 3 is 2.57 bits per heavy atom. The number of esters is 1. The number of hydrogen-bond acceptors (Lipinski definition) is 7. The molecule has 35 heavy (non-hydrogen) atoms. The Kier molecular flexibility index (Phi) is 6.95. The van der Waals surface area contributed by atoms with E-state index in [-0.39, 0.29) is 22.8 Å². The number of rotatable bonds is 7. The van der Waals surface area contributed by atoms with Gasteiger partial charge in [-0.1, -0.05) is 42.5 Å². The van der Waals surface area contributed by atoms with Crippen molar-refractivity contribution in [1.82, 2.24) is 0 Å². The number of ether oxygens (including phenoxy) is 4. The number of nitriles is 1. The second-order valence-corrected chi connectivity index (χ2v) is 7.94. The fraction of sp³-hybridized carbons (Fsp3) is 0.111. The summed E-state index contributed by atoms with van der Waals surface area (Å²) in [5.41, 5.74) is 8.17. The Balaban J connectivity index is 1.62. The molecular weight excluding hydrogens is 468 g/mol. The van der Waals surface area contributed by atoms with Gasteiger partial charge in [0.2, 0.25) is 5.88 Å². The Morgan fingerprint density at radius 1 is 1.17 bits per heavy atom. The molecular formula is C27H21ClN2O5. The van der Waals surface area contributed by atoms with Crippen LogP contribution in [0.25, 0.3) is 0 Å². The molecule has 3 aromatic rings. The highest BCUT2D eigenvalue weighted by atomic mass is 35.5. The minimum Gasteiger partial charge on any atom is -0.495 e. The number of carbonyl (C=O) groups is 1. The van der Waals surface area contributed by atoms with Gasteiger partial charge in [0.25, 0.3) is 0 Å². The highest BCUT2D eigenvalue weighted by Gasteiger charge is 2.31. The van der Waals surface area contributed by atoms with Crippen LogP contribution in [-0.4, -0.2) is 19.7 Å². The normalized spacial score (nSPS) is 14.3. The van der Waals surface area contributed by atoms with Crippen molar-refractivity contribution < 1.29 is 23.7 Å². The average Bonchev–Trinajstić information content (AvgIpc) is 2.86. The van der Waals surface area contributed by atoms with Gasteiger partial charge in [-0.25, -0.2) is 4.79 Å². The summed E-state index contributed by atoms with van der Waals surface area (Å²) >= 11 is 6.11. The lowest BCUT2D eigenvalue weighted by Crippen LogP contribution is -2.21. The van der Waals surface area contributed by atoms with E-state index in [0.717, 1.165) is 5.56 Å². The van der Waals surface area contributed by atoms with E-state index in [9.17, 15) is 10.1 Å². The maximum Gasteiger partial charge on any atom is 0.343 e.